The van der Waals surface area contributed by atoms with E-state index in [-0.39, 0.29) is 0 Å². The molecule has 0 saturated heterocycles. The Balaban J connectivity index is 2.60. The summed E-state index contributed by atoms with van der Waals surface area (Å²) in [6.45, 7) is 3.33. The predicted molar refractivity (Wildman–Crippen MR) is 63.9 cm³/mol. The van der Waals surface area contributed by atoms with Crippen LogP contribution in [0, 0.1) is 0 Å². The zero-order valence-corrected chi connectivity index (χ0v) is 9.01. The molecule has 2 rings (SSSR count). The molecular formula is C13H11NO3. The number of carbonyl (C=O) groups excluding carboxylic acids is 1. The number of H-pyrrole nitrogens is 1. The minimum absolute atomic E-state index is 0.470. The van der Waals surface area contributed by atoms with Crippen molar-refractivity contribution in [3.8, 4) is 0 Å². The molecule has 2 aromatic rings. The maximum atomic E-state index is 11.6. The molecule has 0 aliphatic rings. The summed E-state index contributed by atoms with van der Waals surface area (Å²) in [5, 5.41) is 9.87. The molecule has 0 aliphatic carbocycles. The topological polar surface area (TPSA) is 70.2 Å². The standard InChI is InChI=1S/C13H11NO3/c1-2-11(15)12(13(16)17)9-7-14-10-6-4-3-5-8(9)10/h2-7,12,14H,1H2,(H,16,17). The highest BCUT2D eigenvalue weighted by molar-refractivity contribution is 6.11. The van der Waals surface area contributed by atoms with E-state index in [1.54, 1.807) is 18.3 Å². The van der Waals surface area contributed by atoms with Crippen molar-refractivity contribution in [1.29, 1.82) is 0 Å². The van der Waals surface area contributed by atoms with Crippen LogP contribution in [0.15, 0.2) is 43.1 Å². The quantitative estimate of drug-likeness (QED) is 0.623. The van der Waals surface area contributed by atoms with Crippen molar-refractivity contribution in [2.75, 3.05) is 0 Å². The first-order chi connectivity index (χ1) is 8.15. The molecule has 1 heterocycles. The molecule has 0 bridgehead atoms. The lowest BCUT2D eigenvalue weighted by Crippen LogP contribution is -2.19. The van der Waals surface area contributed by atoms with Gasteiger partial charge >= 0.3 is 5.97 Å². The van der Waals surface area contributed by atoms with E-state index in [4.69, 9.17) is 5.11 Å². The summed E-state index contributed by atoms with van der Waals surface area (Å²) in [5.41, 5.74) is 1.28. The Morgan fingerprint density at radius 3 is 2.71 bits per heavy atom. The second kappa shape index (κ2) is 4.25. The minimum Gasteiger partial charge on any atom is -0.480 e. The van der Waals surface area contributed by atoms with Gasteiger partial charge < -0.3 is 10.1 Å². The first-order valence-corrected chi connectivity index (χ1v) is 5.10. The number of aromatic nitrogens is 1. The minimum atomic E-state index is -1.19. The van der Waals surface area contributed by atoms with E-state index in [0.29, 0.717) is 5.56 Å². The summed E-state index contributed by atoms with van der Waals surface area (Å²) in [5.74, 6) is -2.87. The fraction of sp³-hybridized carbons (Fsp3) is 0.0769. The molecule has 1 atom stereocenters. The lowest BCUT2D eigenvalue weighted by molar-refractivity contribution is -0.141. The van der Waals surface area contributed by atoms with Gasteiger partial charge in [0.1, 0.15) is 5.92 Å². The number of hydrogen-bond acceptors (Lipinski definition) is 2. The molecule has 1 aromatic carbocycles. The van der Waals surface area contributed by atoms with Gasteiger partial charge in [-0.3, -0.25) is 9.59 Å². The van der Waals surface area contributed by atoms with Crippen LogP contribution in [-0.2, 0) is 9.59 Å². The number of carboxylic acid groups (broad SMARTS) is 1. The van der Waals surface area contributed by atoms with Gasteiger partial charge in [-0.15, -0.1) is 0 Å². The van der Waals surface area contributed by atoms with Crippen LogP contribution >= 0.6 is 0 Å². The number of para-hydroxylation sites is 1. The third-order valence-corrected chi connectivity index (χ3v) is 2.66. The van der Waals surface area contributed by atoms with Crippen LogP contribution in [-0.4, -0.2) is 21.8 Å². The van der Waals surface area contributed by atoms with Gasteiger partial charge in [-0.2, -0.15) is 0 Å². The van der Waals surface area contributed by atoms with Crippen molar-refractivity contribution >= 4 is 22.7 Å². The molecule has 2 N–H and O–H groups in total. The number of hydrogen-bond donors (Lipinski definition) is 2. The predicted octanol–water partition coefficient (Wildman–Crippen LogP) is 2.09. The number of allylic oxidation sites excluding steroid dienone is 1. The zero-order chi connectivity index (χ0) is 12.4. The van der Waals surface area contributed by atoms with Gasteiger partial charge in [-0.1, -0.05) is 24.8 Å². The van der Waals surface area contributed by atoms with Crippen LogP contribution in [0.3, 0.4) is 0 Å². The van der Waals surface area contributed by atoms with E-state index in [1.807, 2.05) is 12.1 Å². The van der Waals surface area contributed by atoms with Crippen LogP contribution < -0.4 is 0 Å². The molecular weight excluding hydrogens is 218 g/mol. The van der Waals surface area contributed by atoms with E-state index in [9.17, 15) is 9.59 Å². The fourth-order valence-corrected chi connectivity index (χ4v) is 1.86. The summed E-state index contributed by atoms with van der Waals surface area (Å²) in [7, 11) is 0. The molecule has 0 saturated carbocycles. The van der Waals surface area contributed by atoms with E-state index in [2.05, 4.69) is 11.6 Å². The summed E-state index contributed by atoms with van der Waals surface area (Å²) in [6, 6.07) is 7.26. The molecule has 17 heavy (non-hydrogen) atoms. The maximum Gasteiger partial charge on any atom is 0.319 e. The normalized spacial score (nSPS) is 12.2. The van der Waals surface area contributed by atoms with Crippen LogP contribution in [0.25, 0.3) is 10.9 Å². The molecule has 0 amide bonds. The number of fused-ring (bicyclic) bond motifs is 1. The van der Waals surface area contributed by atoms with Crippen molar-refractivity contribution in [3.63, 3.8) is 0 Å². The Bertz CT molecular complexity index is 597. The summed E-state index contributed by atoms with van der Waals surface area (Å²) in [6.07, 6.45) is 2.60. The highest BCUT2D eigenvalue weighted by Crippen LogP contribution is 2.26. The van der Waals surface area contributed by atoms with Crippen LogP contribution in [0.5, 0.6) is 0 Å². The second-order valence-electron chi connectivity index (χ2n) is 3.67. The highest BCUT2D eigenvalue weighted by Gasteiger charge is 2.28. The van der Waals surface area contributed by atoms with Crippen molar-refractivity contribution in [1.82, 2.24) is 4.98 Å². The van der Waals surface area contributed by atoms with E-state index in [0.717, 1.165) is 17.0 Å². The Morgan fingerprint density at radius 1 is 1.35 bits per heavy atom. The smallest absolute Gasteiger partial charge is 0.319 e. The third kappa shape index (κ3) is 1.85. The van der Waals surface area contributed by atoms with Crippen LogP contribution in [0.1, 0.15) is 11.5 Å². The van der Waals surface area contributed by atoms with Crippen molar-refractivity contribution in [3.05, 3.63) is 48.7 Å². The van der Waals surface area contributed by atoms with Crippen LogP contribution in [0.4, 0.5) is 0 Å². The molecule has 0 spiro atoms. The number of benzene rings is 1. The number of aliphatic carboxylic acids is 1. The molecule has 86 valence electrons. The lowest BCUT2D eigenvalue weighted by atomic mass is 9.94. The Kier molecular flexibility index (Phi) is 2.78. The molecule has 4 nitrogen and oxygen atoms in total. The molecule has 1 aromatic heterocycles. The van der Waals surface area contributed by atoms with Gasteiger partial charge in [0, 0.05) is 17.1 Å². The van der Waals surface area contributed by atoms with Crippen molar-refractivity contribution < 1.29 is 14.7 Å². The van der Waals surface area contributed by atoms with Gasteiger partial charge in [0.05, 0.1) is 0 Å². The number of rotatable bonds is 4. The number of carbonyl (C=O) groups is 2. The number of aromatic amines is 1. The summed E-state index contributed by atoms with van der Waals surface area (Å²) >= 11 is 0. The van der Waals surface area contributed by atoms with Gasteiger partial charge in [0.15, 0.2) is 5.78 Å². The first kappa shape index (κ1) is 11.1. The number of ketones is 1. The zero-order valence-electron chi connectivity index (χ0n) is 9.01. The van der Waals surface area contributed by atoms with Crippen molar-refractivity contribution in [2.24, 2.45) is 0 Å². The Morgan fingerprint density at radius 2 is 2.06 bits per heavy atom. The monoisotopic (exact) mass is 229 g/mol. The summed E-state index contributed by atoms with van der Waals surface area (Å²) in [4.78, 5) is 25.7. The van der Waals surface area contributed by atoms with Crippen molar-refractivity contribution in [2.45, 2.75) is 5.92 Å². The lowest BCUT2D eigenvalue weighted by Gasteiger charge is -2.07. The van der Waals surface area contributed by atoms with Gasteiger partial charge in [0.2, 0.25) is 0 Å². The molecule has 0 aliphatic heterocycles. The van der Waals surface area contributed by atoms with Gasteiger partial charge in [-0.25, -0.2) is 0 Å². The number of nitrogens with one attached hydrogen (secondary N) is 1. The third-order valence-electron chi connectivity index (χ3n) is 2.66. The SMILES string of the molecule is C=CC(=O)C(C(=O)O)c1c[nH]c2ccccc12. The Hall–Kier alpha value is -2.36. The molecule has 1 unspecified atom stereocenters. The highest BCUT2D eigenvalue weighted by atomic mass is 16.4. The second-order valence-corrected chi connectivity index (χ2v) is 3.67. The van der Waals surface area contributed by atoms with E-state index in [1.165, 1.54) is 0 Å². The first-order valence-electron chi connectivity index (χ1n) is 5.10. The van der Waals surface area contributed by atoms with Gasteiger partial charge in [0.25, 0.3) is 0 Å². The summed E-state index contributed by atoms with van der Waals surface area (Å²) < 4.78 is 0. The average molecular weight is 229 g/mol. The molecule has 0 radical (unpaired) electrons. The maximum absolute atomic E-state index is 11.6. The molecule has 0 fully saturated rings. The average Bonchev–Trinajstić information content (AvgIpc) is 2.73. The van der Waals surface area contributed by atoms with E-state index < -0.39 is 17.7 Å². The Labute approximate surface area is 97.6 Å². The number of carboxylic acids is 1. The molecule has 4 heteroatoms. The van der Waals surface area contributed by atoms with E-state index >= 15 is 0 Å². The van der Waals surface area contributed by atoms with Crippen LogP contribution in [0.2, 0.25) is 0 Å². The fourth-order valence-electron chi connectivity index (χ4n) is 1.86. The van der Waals surface area contributed by atoms with Gasteiger partial charge in [-0.05, 0) is 17.7 Å². The largest absolute Gasteiger partial charge is 0.480 e.